The van der Waals surface area contributed by atoms with Crippen molar-refractivity contribution in [1.82, 2.24) is 10.6 Å². The summed E-state index contributed by atoms with van der Waals surface area (Å²) in [6, 6.07) is 5.90. The van der Waals surface area contributed by atoms with Gasteiger partial charge in [-0.25, -0.2) is 0 Å². The molecular formula is C16H22Cl3N3OS. The molecule has 4 nitrogen and oxygen atoms in total. The number of carbonyl (C=O) groups is 1. The Hall–Kier alpha value is -0.750. The number of rotatable bonds is 3. The first kappa shape index (κ1) is 21.3. The Morgan fingerprint density at radius 3 is 2.17 bits per heavy atom. The quantitative estimate of drug-likeness (QED) is 0.391. The lowest BCUT2D eigenvalue weighted by Crippen LogP contribution is -2.58. The minimum Gasteiger partial charge on any atom is -0.339 e. The van der Waals surface area contributed by atoms with Gasteiger partial charge in [-0.15, -0.1) is 0 Å². The molecule has 1 rings (SSSR count). The van der Waals surface area contributed by atoms with Crippen molar-refractivity contribution in [2.75, 3.05) is 5.32 Å². The van der Waals surface area contributed by atoms with Crippen molar-refractivity contribution < 1.29 is 4.79 Å². The molecule has 0 heterocycles. The van der Waals surface area contributed by atoms with Gasteiger partial charge in [-0.2, -0.15) is 0 Å². The van der Waals surface area contributed by atoms with Crippen molar-refractivity contribution >= 4 is 63.7 Å². The molecule has 1 aromatic carbocycles. The number of nitrogens with one attached hydrogen (secondary N) is 3. The average molecular weight is 411 g/mol. The van der Waals surface area contributed by atoms with Crippen LogP contribution in [-0.2, 0) is 4.79 Å². The van der Waals surface area contributed by atoms with E-state index >= 15 is 0 Å². The third-order valence-electron chi connectivity index (χ3n) is 3.19. The monoisotopic (exact) mass is 409 g/mol. The zero-order valence-corrected chi connectivity index (χ0v) is 17.3. The molecule has 0 aliphatic rings. The molecule has 134 valence electrons. The van der Waals surface area contributed by atoms with Gasteiger partial charge in [0.1, 0.15) is 6.17 Å². The van der Waals surface area contributed by atoms with Gasteiger partial charge < -0.3 is 16.0 Å². The largest absolute Gasteiger partial charge is 0.339 e. The van der Waals surface area contributed by atoms with Crippen LogP contribution in [0, 0.1) is 19.3 Å². The molecule has 0 bridgehead atoms. The highest BCUT2D eigenvalue weighted by Crippen LogP contribution is 2.30. The fraction of sp³-hybridized carbons (Fsp3) is 0.500. The van der Waals surface area contributed by atoms with Crippen LogP contribution in [0.25, 0.3) is 0 Å². The van der Waals surface area contributed by atoms with Crippen molar-refractivity contribution in [3.05, 3.63) is 29.3 Å². The molecule has 3 N–H and O–H groups in total. The minimum absolute atomic E-state index is 0.243. The van der Waals surface area contributed by atoms with E-state index in [1.165, 1.54) is 0 Å². The summed E-state index contributed by atoms with van der Waals surface area (Å²) in [6.07, 6.45) is -0.972. The maximum absolute atomic E-state index is 12.2. The van der Waals surface area contributed by atoms with E-state index < -0.39 is 15.4 Å². The molecule has 1 atom stereocenters. The summed E-state index contributed by atoms with van der Waals surface area (Å²) in [5, 5.41) is 8.79. The number of aryl methyl sites for hydroxylation is 2. The summed E-state index contributed by atoms with van der Waals surface area (Å²) in [5.74, 6) is -0.263. The number of thiocarbonyl (C=S) groups is 1. The van der Waals surface area contributed by atoms with Crippen molar-refractivity contribution in [1.29, 1.82) is 0 Å². The Bertz CT molecular complexity index is 624. The fourth-order valence-corrected chi connectivity index (χ4v) is 2.35. The van der Waals surface area contributed by atoms with Crippen molar-refractivity contribution in [3.8, 4) is 0 Å². The number of halogens is 3. The van der Waals surface area contributed by atoms with Gasteiger partial charge in [0, 0.05) is 11.1 Å². The highest BCUT2D eigenvalue weighted by atomic mass is 35.6. The maximum atomic E-state index is 12.2. The second-order valence-corrected chi connectivity index (χ2v) is 9.39. The first-order valence-corrected chi connectivity index (χ1v) is 8.87. The van der Waals surface area contributed by atoms with Gasteiger partial charge in [0.2, 0.25) is 9.70 Å². The van der Waals surface area contributed by atoms with Crippen LogP contribution in [0.3, 0.4) is 0 Å². The van der Waals surface area contributed by atoms with Crippen molar-refractivity contribution in [3.63, 3.8) is 0 Å². The van der Waals surface area contributed by atoms with E-state index in [-0.39, 0.29) is 11.0 Å². The molecule has 1 aromatic rings. The first-order chi connectivity index (χ1) is 10.8. The van der Waals surface area contributed by atoms with Gasteiger partial charge in [-0.1, -0.05) is 73.3 Å². The summed E-state index contributed by atoms with van der Waals surface area (Å²) >= 11 is 23.1. The van der Waals surface area contributed by atoms with E-state index in [0.717, 1.165) is 16.8 Å². The molecule has 0 unspecified atom stereocenters. The van der Waals surface area contributed by atoms with Crippen LogP contribution >= 0.6 is 47.0 Å². The maximum Gasteiger partial charge on any atom is 0.228 e. The highest BCUT2D eigenvalue weighted by molar-refractivity contribution is 7.80. The predicted octanol–water partition coefficient (Wildman–Crippen LogP) is 4.45. The molecule has 24 heavy (non-hydrogen) atoms. The Morgan fingerprint density at radius 2 is 1.71 bits per heavy atom. The zero-order valence-electron chi connectivity index (χ0n) is 14.3. The minimum atomic E-state index is -1.77. The molecule has 0 fully saturated rings. The summed E-state index contributed by atoms with van der Waals surface area (Å²) < 4.78 is -1.77. The highest BCUT2D eigenvalue weighted by Gasteiger charge is 2.36. The van der Waals surface area contributed by atoms with E-state index in [0.29, 0.717) is 0 Å². The molecule has 1 amide bonds. The molecule has 0 saturated heterocycles. The second kappa shape index (κ2) is 8.09. The van der Waals surface area contributed by atoms with E-state index in [1.54, 1.807) is 20.8 Å². The number of anilines is 1. The lowest BCUT2D eigenvalue weighted by atomic mass is 9.95. The number of amides is 1. The fourth-order valence-electron chi connectivity index (χ4n) is 1.79. The van der Waals surface area contributed by atoms with E-state index in [4.69, 9.17) is 47.0 Å². The average Bonchev–Trinajstić information content (AvgIpc) is 2.39. The number of hydrogen-bond acceptors (Lipinski definition) is 2. The molecule has 0 saturated carbocycles. The SMILES string of the molecule is Cc1ccc(NC(=S)N[C@@H](NC(=O)C(C)(C)C)C(Cl)(Cl)Cl)c(C)c1. The lowest BCUT2D eigenvalue weighted by molar-refractivity contribution is -0.129. The zero-order chi connectivity index (χ0) is 18.7. The van der Waals surface area contributed by atoms with Crippen LogP contribution in [0.1, 0.15) is 31.9 Å². The smallest absolute Gasteiger partial charge is 0.228 e. The number of hydrogen-bond donors (Lipinski definition) is 3. The van der Waals surface area contributed by atoms with Gasteiger partial charge in [0.25, 0.3) is 0 Å². The van der Waals surface area contributed by atoms with Crippen molar-refractivity contribution in [2.24, 2.45) is 5.41 Å². The van der Waals surface area contributed by atoms with Crippen molar-refractivity contribution in [2.45, 2.75) is 44.6 Å². The molecule has 0 aliphatic carbocycles. The Morgan fingerprint density at radius 1 is 1.12 bits per heavy atom. The van der Waals surface area contributed by atoms with E-state index in [2.05, 4.69) is 16.0 Å². The third kappa shape index (κ3) is 6.63. The topological polar surface area (TPSA) is 53.2 Å². The summed E-state index contributed by atoms with van der Waals surface area (Å²) in [5.41, 5.74) is 2.39. The standard InChI is InChI=1S/C16H22Cl3N3OS/c1-9-6-7-11(10(2)8-9)20-14(24)22-12(16(17,18)19)21-13(23)15(3,4)5/h6-8,12H,1-5H3,(H,21,23)(H2,20,22,24)/t12-/m1/s1. The normalized spacial score (nSPS) is 13.2. The van der Waals surface area contributed by atoms with Gasteiger partial charge in [-0.05, 0) is 37.7 Å². The van der Waals surface area contributed by atoms with Gasteiger partial charge >= 0.3 is 0 Å². The third-order valence-corrected chi connectivity index (χ3v) is 4.06. The van der Waals surface area contributed by atoms with E-state index in [9.17, 15) is 4.79 Å². The Balaban J connectivity index is 2.83. The number of benzene rings is 1. The molecule has 0 spiro atoms. The Labute approximate surface area is 163 Å². The van der Waals surface area contributed by atoms with Crippen LogP contribution in [0.2, 0.25) is 0 Å². The van der Waals surface area contributed by atoms with Gasteiger partial charge in [-0.3, -0.25) is 4.79 Å². The Kier molecular flexibility index (Phi) is 7.17. The van der Waals surface area contributed by atoms with Crippen LogP contribution in [0.4, 0.5) is 5.69 Å². The first-order valence-electron chi connectivity index (χ1n) is 7.33. The summed E-state index contributed by atoms with van der Waals surface area (Å²) in [6.45, 7) is 9.28. The van der Waals surface area contributed by atoms with Crippen LogP contribution in [0.15, 0.2) is 18.2 Å². The molecule has 0 aromatic heterocycles. The van der Waals surface area contributed by atoms with Crippen LogP contribution in [-0.4, -0.2) is 21.0 Å². The van der Waals surface area contributed by atoms with Crippen LogP contribution in [0.5, 0.6) is 0 Å². The summed E-state index contributed by atoms with van der Waals surface area (Å²) in [7, 11) is 0. The predicted molar refractivity (Wildman–Crippen MR) is 107 cm³/mol. The van der Waals surface area contributed by atoms with E-state index in [1.807, 2.05) is 32.0 Å². The lowest BCUT2D eigenvalue weighted by Gasteiger charge is -2.30. The summed E-state index contributed by atoms with van der Waals surface area (Å²) in [4.78, 5) is 12.2. The van der Waals surface area contributed by atoms with Gasteiger partial charge in [0.05, 0.1) is 0 Å². The van der Waals surface area contributed by atoms with Crippen LogP contribution < -0.4 is 16.0 Å². The molecule has 0 radical (unpaired) electrons. The molecule has 8 heteroatoms. The second-order valence-electron chi connectivity index (χ2n) is 6.61. The van der Waals surface area contributed by atoms with Gasteiger partial charge in [0.15, 0.2) is 5.11 Å². The number of alkyl halides is 3. The molecule has 0 aliphatic heterocycles. The number of carbonyl (C=O) groups excluding carboxylic acids is 1. The molecular weight excluding hydrogens is 389 g/mol.